The van der Waals surface area contributed by atoms with Crippen LogP contribution in [0.2, 0.25) is 0 Å². The van der Waals surface area contributed by atoms with E-state index in [0.717, 1.165) is 25.0 Å². The van der Waals surface area contributed by atoms with E-state index >= 15 is 0 Å². The van der Waals surface area contributed by atoms with Gasteiger partial charge in [0.1, 0.15) is 0 Å². The molecule has 0 aliphatic heterocycles. The third kappa shape index (κ3) is 6.92. The summed E-state index contributed by atoms with van der Waals surface area (Å²) in [5.74, 6) is 0. The molecule has 0 aliphatic carbocycles. The summed E-state index contributed by atoms with van der Waals surface area (Å²) in [4.78, 5) is 0. The van der Waals surface area contributed by atoms with Gasteiger partial charge >= 0.3 is 0 Å². The molecular formula is C14H23N. The van der Waals surface area contributed by atoms with Gasteiger partial charge in [-0.15, -0.1) is 0 Å². The number of rotatable bonds is 6. The van der Waals surface area contributed by atoms with E-state index in [2.05, 4.69) is 31.7 Å². The molecule has 0 bridgehead atoms. The van der Waals surface area contributed by atoms with Crippen LogP contribution < -0.4 is 5.73 Å². The fraction of sp³-hybridized carbons (Fsp3) is 0.429. The maximum Gasteiger partial charge on any atom is -0.00398 e. The van der Waals surface area contributed by atoms with Crippen molar-refractivity contribution in [2.45, 2.75) is 33.6 Å². The number of allylic oxidation sites excluding steroid dienone is 6. The lowest BCUT2D eigenvalue weighted by Gasteiger charge is -2.02. The van der Waals surface area contributed by atoms with Crippen LogP contribution >= 0.6 is 0 Å². The van der Waals surface area contributed by atoms with E-state index in [-0.39, 0.29) is 0 Å². The smallest absolute Gasteiger partial charge is 0.00398 e. The normalized spacial score (nSPS) is 13.6. The highest BCUT2D eigenvalue weighted by molar-refractivity contribution is 5.35. The summed E-state index contributed by atoms with van der Waals surface area (Å²) in [5, 5.41) is 0. The summed E-state index contributed by atoms with van der Waals surface area (Å²) in [6.45, 7) is 10.8. The molecule has 0 aromatic rings. The molecule has 0 aromatic carbocycles. The number of hydrogen-bond acceptors (Lipinski definition) is 1. The molecule has 0 aromatic heterocycles. The molecule has 0 saturated carbocycles. The molecule has 0 saturated heterocycles. The Hall–Kier alpha value is -1.08. The van der Waals surface area contributed by atoms with E-state index in [1.54, 1.807) is 0 Å². The Balaban J connectivity index is 4.62. The molecule has 84 valence electrons. The molecule has 0 amide bonds. The van der Waals surface area contributed by atoms with Gasteiger partial charge in [-0.25, -0.2) is 0 Å². The van der Waals surface area contributed by atoms with Gasteiger partial charge in [0.15, 0.2) is 0 Å². The molecule has 1 nitrogen and oxygen atoms in total. The van der Waals surface area contributed by atoms with Crippen LogP contribution in [-0.2, 0) is 0 Å². The van der Waals surface area contributed by atoms with E-state index in [9.17, 15) is 0 Å². The van der Waals surface area contributed by atoms with Crippen molar-refractivity contribution in [2.75, 3.05) is 6.54 Å². The van der Waals surface area contributed by atoms with Gasteiger partial charge in [0.25, 0.3) is 0 Å². The lowest BCUT2D eigenvalue weighted by Crippen LogP contribution is -2.00. The molecule has 15 heavy (non-hydrogen) atoms. The van der Waals surface area contributed by atoms with Crippen molar-refractivity contribution < 1.29 is 0 Å². The number of nitrogens with two attached hydrogens (primary N) is 1. The third-order valence-corrected chi connectivity index (χ3v) is 2.18. The Morgan fingerprint density at radius 1 is 1.33 bits per heavy atom. The van der Waals surface area contributed by atoms with Crippen molar-refractivity contribution >= 4 is 0 Å². The standard InChI is InChI=1S/C14H23N/c1-5-13(8-7-12(3)4)11-14(6-2)9-10-15/h5,7-8,11H,3,6,9-10,15H2,1-2,4H3/b8-7-,13-5+,14-11+. The molecular weight excluding hydrogens is 182 g/mol. The lowest BCUT2D eigenvalue weighted by atomic mass is 10.1. The van der Waals surface area contributed by atoms with Crippen molar-refractivity contribution in [3.63, 3.8) is 0 Å². The highest BCUT2D eigenvalue weighted by Crippen LogP contribution is 2.11. The van der Waals surface area contributed by atoms with E-state index in [0.29, 0.717) is 0 Å². The quantitative estimate of drug-likeness (QED) is 0.657. The maximum atomic E-state index is 5.55. The van der Waals surface area contributed by atoms with Gasteiger partial charge in [0.2, 0.25) is 0 Å². The highest BCUT2D eigenvalue weighted by Gasteiger charge is 1.93. The maximum absolute atomic E-state index is 5.55. The SMILES string of the molecule is C=C(C)\C=C/C(=C\C)/C=C(\CC)CCN. The fourth-order valence-corrected chi connectivity index (χ4v) is 1.24. The number of hydrogen-bond donors (Lipinski definition) is 1. The van der Waals surface area contributed by atoms with Crippen molar-refractivity contribution in [3.8, 4) is 0 Å². The molecule has 0 fully saturated rings. The van der Waals surface area contributed by atoms with E-state index in [1.807, 2.05) is 19.9 Å². The van der Waals surface area contributed by atoms with Gasteiger partial charge in [-0.05, 0) is 38.8 Å². The lowest BCUT2D eigenvalue weighted by molar-refractivity contribution is 0.893. The highest BCUT2D eigenvalue weighted by atomic mass is 14.5. The second kappa shape index (κ2) is 8.25. The average Bonchev–Trinajstić information content (AvgIpc) is 2.22. The van der Waals surface area contributed by atoms with Crippen LogP contribution in [0.4, 0.5) is 0 Å². The molecule has 1 heteroatoms. The van der Waals surface area contributed by atoms with Gasteiger partial charge in [-0.3, -0.25) is 0 Å². The first-order valence-corrected chi connectivity index (χ1v) is 5.53. The van der Waals surface area contributed by atoms with Crippen LogP contribution in [0.1, 0.15) is 33.6 Å². The van der Waals surface area contributed by atoms with Crippen molar-refractivity contribution in [1.82, 2.24) is 0 Å². The molecule has 0 rings (SSSR count). The Kier molecular flexibility index (Phi) is 7.65. The van der Waals surface area contributed by atoms with Gasteiger partial charge in [0.05, 0.1) is 0 Å². The third-order valence-electron chi connectivity index (χ3n) is 2.18. The van der Waals surface area contributed by atoms with Gasteiger partial charge in [-0.1, -0.05) is 49.0 Å². The average molecular weight is 205 g/mol. The molecule has 2 N–H and O–H groups in total. The van der Waals surface area contributed by atoms with Crippen molar-refractivity contribution in [1.29, 1.82) is 0 Å². The summed E-state index contributed by atoms with van der Waals surface area (Å²) in [5.41, 5.74) is 9.25. The minimum atomic E-state index is 0.723. The second-order valence-corrected chi connectivity index (χ2v) is 3.66. The zero-order valence-corrected chi connectivity index (χ0v) is 10.2. The molecule has 0 unspecified atom stereocenters. The van der Waals surface area contributed by atoms with Crippen LogP contribution in [0.3, 0.4) is 0 Å². The van der Waals surface area contributed by atoms with Gasteiger partial charge in [0, 0.05) is 0 Å². The summed E-state index contributed by atoms with van der Waals surface area (Å²) in [7, 11) is 0. The van der Waals surface area contributed by atoms with Crippen LogP contribution in [0.15, 0.2) is 47.6 Å². The summed E-state index contributed by atoms with van der Waals surface area (Å²) in [6.07, 6.45) is 10.5. The summed E-state index contributed by atoms with van der Waals surface area (Å²) in [6, 6.07) is 0. The first kappa shape index (κ1) is 13.9. The molecule has 0 heterocycles. The van der Waals surface area contributed by atoms with Crippen molar-refractivity contribution in [2.24, 2.45) is 5.73 Å². The summed E-state index contributed by atoms with van der Waals surface area (Å²) >= 11 is 0. The Labute approximate surface area is 94.1 Å². The topological polar surface area (TPSA) is 26.0 Å². The first-order chi connectivity index (χ1) is 7.13. The zero-order chi connectivity index (χ0) is 11.7. The summed E-state index contributed by atoms with van der Waals surface area (Å²) < 4.78 is 0. The van der Waals surface area contributed by atoms with Crippen molar-refractivity contribution in [3.05, 3.63) is 47.6 Å². The first-order valence-electron chi connectivity index (χ1n) is 5.53. The van der Waals surface area contributed by atoms with Gasteiger partial charge < -0.3 is 5.73 Å². The predicted molar refractivity (Wildman–Crippen MR) is 69.8 cm³/mol. The van der Waals surface area contributed by atoms with E-state index in [4.69, 9.17) is 5.73 Å². The largest absolute Gasteiger partial charge is 0.330 e. The van der Waals surface area contributed by atoms with Crippen LogP contribution in [0.25, 0.3) is 0 Å². The minimum absolute atomic E-state index is 0.723. The minimum Gasteiger partial charge on any atom is -0.330 e. The predicted octanol–water partition coefficient (Wildman–Crippen LogP) is 3.75. The fourth-order valence-electron chi connectivity index (χ4n) is 1.24. The zero-order valence-electron chi connectivity index (χ0n) is 10.2. The molecule has 0 aliphatic rings. The molecule has 0 spiro atoms. The van der Waals surface area contributed by atoms with Gasteiger partial charge in [-0.2, -0.15) is 0 Å². The van der Waals surface area contributed by atoms with E-state index < -0.39 is 0 Å². The Morgan fingerprint density at radius 2 is 2.00 bits per heavy atom. The monoisotopic (exact) mass is 205 g/mol. The second-order valence-electron chi connectivity index (χ2n) is 3.66. The molecule has 0 radical (unpaired) electrons. The van der Waals surface area contributed by atoms with E-state index in [1.165, 1.54) is 11.1 Å². The Bertz CT molecular complexity index is 280. The van der Waals surface area contributed by atoms with Crippen LogP contribution in [0, 0.1) is 0 Å². The van der Waals surface area contributed by atoms with Crippen LogP contribution in [0.5, 0.6) is 0 Å². The molecule has 0 atom stereocenters. The Morgan fingerprint density at radius 3 is 2.40 bits per heavy atom. The van der Waals surface area contributed by atoms with Crippen LogP contribution in [-0.4, -0.2) is 6.54 Å².